The van der Waals surface area contributed by atoms with E-state index in [1.807, 2.05) is 6.92 Å². The van der Waals surface area contributed by atoms with E-state index < -0.39 is 11.8 Å². The number of carbonyl (C=O) groups is 3. The monoisotopic (exact) mass is 355 g/mol. The number of carbonyl (C=O) groups excluding carboxylic acids is 3. The number of para-hydroxylation sites is 1. The molecule has 3 N–H and O–H groups in total. The molecule has 0 unspecified atom stereocenters. The van der Waals surface area contributed by atoms with Crippen LogP contribution in [0.4, 0.5) is 5.69 Å². The quantitative estimate of drug-likeness (QED) is 0.694. The van der Waals surface area contributed by atoms with Gasteiger partial charge in [-0.25, -0.2) is 0 Å². The second kappa shape index (κ2) is 9.22. The lowest BCUT2D eigenvalue weighted by molar-refractivity contribution is -0.115. The smallest absolute Gasteiger partial charge is 0.273 e. The minimum Gasteiger partial charge on any atom is -0.493 e. The lowest BCUT2D eigenvalue weighted by Crippen LogP contribution is -2.41. The fraction of sp³-hybridized carbons (Fsp3) is 0.211. The Bertz CT molecular complexity index is 788. The van der Waals surface area contributed by atoms with Gasteiger partial charge in [-0.05, 0) is 43.3 Å². The lowest BCUT2D eigenvalue weighted by atomic mass is 10.2. The van der Waals surface area contributed by atoms with Crippen LogP contribution in [0.15, 0.2) is 48.5 Å². The summed E-state index contributed by atoms with van der Waals surface area (Å²) in [6, 6.07) is 13.1. The zero-order valence-electron chi connectivity index (χ0n) is 14.7. The molecule has 0 radical (unpaired) electrons. The largest absolute Gasteiger partial charge is 0.493 e. The van der Waals surface area contributed by atoms with E-state index in [4.69, 9.17) is 4.74 Å². The Balaban J connectivity index is 1.96. The van der Waals surface area contributed by atoms with Gasteiger partial charge in [-0.1, -0.05) is 19.1 Å². The van der Waals surface area contributed by atoms with Crippen LogP contribution in [0.25, 0.3) is 0 Å². The average molecular weight is 355 g/mol. The van der Waals surface area contributed by atoms with E-state index in [9.17, 15) is 14.4 Å². The first-order chi connectivity index (χ1) is 12.5. The molecule has 0 spiro atoms. The third-order valence-electron chi connectivity index (χ3n) is 3.47. The van der Waals surface area contributed by atoms with Crippen molar-refractivity contribution in [3.05, 3.63) is 59.7 Å². The molecule has 0 aliphatic rings. The maximum absolute atomic E-state index is 12.2. The van der Waals surface area contributed by atoms with Gasteiger partial charge < -0.3 is 10.1 Å². The molecule has 0 atom stereocenters. The number of hydrogen-bond donors (Lipinski definition) is 3. The normalized spacial score (nSPS) is 9.92. The summed E-state index contributed by atoms with van der Waals surface area (Å²) in [5.74, 6) is -0.616. The van der Waals surface area contributed by atoms with Crippen LogP contribution in [0, 0.1) is 0 Å². The van der Waals surface area contributed by atoms with Crippen molar-refractivity contribution in [2.75, 3.05) is 11.9 Å². The van der Waals surface area contributed by atoms with Gasteiger partial charge in [-0.3, -0.25) is 25.2 Å². The second-order valence-electron chi connectivity index (χ2n) is 5.32. The van der Waals surface area contributed by atoms with E-state index in [0.717, 1.165) is 0 Å². The Morgan fingerprint density at radius 2 is 1.54 bits per heavy atom. The van der Waals surface area contributed by atoms with Crippen molar-refractivity contribution < 1.29 is 19.1 Å². The number of nitrogens with one attached hydrogen (secondary N) is 3. The summed E-state index contributed by atoms with van der Waals surface area (Å²) in [5.41, 5.74) is 5.99. The van der Waals surface area contributed by atoms with Gasteiger partial charge in [-0.2, -0.15) is 0 Å². The first-order valence-electron chi connectivity index (χ1n) is 8.27. The lowest BCUT2D eigenvalue weighted by Gasteiger charge is -2.11. The number of benzene rings is 2. The van der Waals surface area contributed by atoms with Crippen LogP contribution in [0.2, 0.25) is 0 Å². The summed E-state index contributed by atoms with van der Waals surface area (Å²) in [5, 5.41) is 2.69. The average Bonchev–Trinajstić information content (AvgIpc) is 2.67. The molecule has 0 aliphatic carbocycles. The Labute approximate surface area is 151 Å². The van der Waals surface area contributed by atoms with E-state index in [2.05, 4.69) is 16.2 Å². The zero-order valence-corrected chi connectivity index (χ0v) is 14.7. The number of anilines is 1. The maximum atomic E-state index is 12.2. The molecule has 0 aliphatic heterocycles. The third kappa shape index (κ3) is 5.07. The third-order valence-corrected chi connectivity index (χ3v) is 3.47. The Morgan fingerprint density at radius 3 is 2.19 bits per heavy atom. The maximum Gasteiger partial charge on any atom is 0.273 e. The molecule has 0 heterocycles. The number of ether oxygens (including phenoxy) is 1. The highest BCUT2D eigenvalue weighted by atomic mass is 16.5. The van der Waals surface area contributed by atoms with Crippen LogP contribution >= 0.6 is 0 Å². The van der Waals surface area contributed by atoms with E-state index in [1.54, 1.807) is 55.5 Å². The predicted octanol–water partition coefficient (Wildman–Crippen LogP) is 2.51. The van der Waals surface area contributed by atoms with Crippen molar-refractivity contribution >= 4 is 23.4 Å². The van der Waals surface area contributed by atoms with Gasteiger partial charge in [0.15, 0.2) is 0 Å². The molecule has 26 heavy (non-hydrogen) atoms. The van der Waals surface area contributed by atoms with Crippen LogP contribution in [0.5, 0.6) is 5.75 Å². The van der Waals surface area contributed by atoms with Crippen molar-refractivity contribution in [2.45, 2.75) is 20.3 Å². The van der Waals surface area contributed by atoms with Gasteiger partial charge in [0, 0.05) is 17.7 Å². The van der Waals surface area contributed by atoms with E-state index in [-0.39, 0.29) is 5.91 Å². The van der Waals surface area contributed by atoms with Crippen molar-refractivity contribution in [3.8, 4) is 5.75 Å². The summed E-state index contributed by atoms with van der Waals surface area (Å²) in [6.07, 6.45) is 0.373. The highest BCUT2D eigenvalue weighted by molar-refractivity contribution is 6.00. The summed E-state index contributed by atoms with van der Waals surface area (Å²) in [4.78, 5) is 35.7. The molecule has 0 fully saturated rings. The van der Waals surface area contributed by atoms with Crippen molar-refractivity contribution in [1.82, 2.24) is 10.9 Å². The molecular weight excluding hydrogens is 334 g/mol. The van der Waals surface area contributed by atoms with Gasteiger partial charge >= 0.3 is 0 Å². The minimum absolute atomic E-state index is 0.109. The SMILES string of the molecule is CCOc1ccccc1C(=O)NNC(=O)c1ccc(NC(=O)CC)cc1. The predicted molar refractivity (Wildman–Crippen MR) is 97.9 cm³/mol. The van der Waals surface area contributed by atoms with Gasteiger partial charge in [0.1, 0.15) is 5.75 Å². The molecule has 136 valence electrons. The molecule has 0 bridgehead atoms. The molecule has 3 amide bonds. The van der Waals surface area contributed by atoms with E-state index >= 15 is 0 Å². The second-order valence-corrected chi connectivity index (χ2v) is 5.32. The van der Waals surface area contributed by atoms with Crippen LogP contribution in [-0.2, 0) is 4.79 Å². The number of amides is 3. The molecule has 7 nitrogen and oxygen atoms in total. The minimum atomic E-state index is -0.478. The van der Waals surface area contributed by atoms with E-state index in [1.165, 1.54) is 0 Å². The Hall–Kier alpha value is -3.35. The van der Waals surface area contributed by atoms with Gasteiger partial charge in [0.05, 0.1) is 12.2 Å². The molecule has 2 aromatic rings. The molecule has 7 heteroatoms. The van der Waals surface area contributed by atoms with Crippen molar-refractivity contribution in [3.63, 3.8) is 0 Å². The molecule has 2 aromatic carbocycles. The Morgan fingerprint density at radius 1 is 0.885 bits per heavy atom. The van der Waals surface area contributed by atoms with Gasteiger partial charge in [0.2, 0.25) is 5.91 Å². The van der Waals surface area contributed by atoms with Crippen LogP contribution in [0.1, 0.15) is 41.0 Å². The standard InChI is InChI=1S/C19H21N3O4/c1-3-17(23)20-14-11-9-13(10-12-14)18(24)21-22-19(25)15-7-5-6-8-16(15)26-4-2/h5-12H,3-4H2,1-2H3,(H,20,23)(H,21,24)(H,22,25). The first-order valence-corrected chi connectivity index (χ1v) is 8.27. The van der Waals surface area contributed by atoms with Crippen LogP contribution < -0.4 is 20.9 Å². The van der Waals surface area contributed by atoms with Crippen molar-refractivity contribution in [2.24, 2.45) is 0 Å². The van der Waals surface area contributed by atoms with E-state index in [0.29, 0.717) is 35.6 Å². The molecule has 0 aromatic heterocycles. The van der Waals surface area contributed by atoms with Crippen LogP contribution in [-0.4, -0.2) is 24.3 Å². The van der Waals surface area contributed by atoms with Crippen molar-refractivity contribution in [1.29, 1.82) is 0 Å². The molecule has 2 rings (SSSR count). The highest BCUT2D eigenvalue weighted by Gasteiger charge is 2.13. The summed E-state index contributed by atoms with van der Waals surface area (Å²) in [6.45, 7) is 4.00. The fourth-order valence-electron chi connectivity index (χ4n) is 2.14. The molecular formula is C19H21N3O4. The number of hydrazine groups is 1. The topological polar surface area (TPSA) is 96.5 Å². The zero-order chi connectivity index (χ0) is 18.9. The first kappa shape index (κ1) is 19.0. The van der Waals surface area contributed by atoms with Gasteiger partial charge in [-0.15, -0.1) is 0 Å². The highest BCUT2D eigenvalue weighted by Crippen LogP contribution is 2.17. The number of hydrogen-bond acceptors (Lipinski definition) is 4. The summed E-state index contributed by atoms with van der Waals surface area (Å²) < 4.78 is 5.40. The number of rotatable bonds is 6. The summed E-state index contributed by atoms with van der Waals surface area (Å²) in [7, 11) is 0. The van der Waals surface area contributed by atoms with Gasteiger partial charge in [0.25, 0.3) is 11.8 Å². The molecule has 0 saturated heterocycles. The fourth-order valence-corrected chi connectivity index (χ4v) is 2.14. The molecule has 0 saturated carbocycles. The Kier molecular flexibility index (Phi) is 6.73. The van der Waals surface area contributed by atoms with Crippen LogP contribution in [0.3, 0.4) is 0 Å². The summed E-state index contributed by atoms with van der Waals surface area (Å²) >= 11 is 0.